The first-order chi connectivity index (χ1) is 13.8. The summed E-state index contributed by atoms with van der Waals surface area (Å²) in [4.78, 5) is 15.9. The highest BCUT2D eigenvalue weighted by Crippen LogP contribution is 2.10. The van der Waals surface area contributed by atoms with Gasteiger partial charge in [-0.25, -0.2) is 0 Å². The Hall–Kier alpha value is -1.50. The molecule has 0 spiro atoms. The summed E-state index contributed by atoms with van der Waals surface area (Å²) in [5, 5.41) is 6.46. The normalized spacial score (nSPS) is 17.5. The molecule has 2 unspecified atom stereocenters. The number of ether oxygens (including phenoxy) is 1. The molecule has 0 aromatic carbocycles. The van der Waals surface area contributed by atoms with Gasteiger partial charge in [-0.2, -0.15) is 0 Å². The minimum absolute atomic E-state index is 0.0263. The molecular formula is C22H38N4O2. The molecule has 1 aliphatic rings. The Kier molecular flexibility index (Phi) is 11.8. The summed E-state index contributed by atoms with van der Waals surface area (Å²) in [6.45, 7) is 3.46. The molecule has 2 heterocycles. The van der Waals surface area contributed by atoms with Crippen LogP contribution in [0, 0.1) is 0 Å². The molecule has 0 aliphatic carbocycles. The van der Waals surface area contributed by atoms with Crippen molar-refractivity contribution in [1.29, 1.82) is 0 Å². The average Bonchev–Trinajstić information content (AvgIpc) is 3.24. The van der Waals surface area contributed by atoms with Gasteiger partial charge >= 0.3 is 0 Å². The summed E-state index contributed by atoms with van der Waals surface area (Å²) >= 11 is 0. The maximum atomic E-state index is 11.9. The van der Waals surface area contributed by atoms with E-state index in [0.717, 1.165) is 32.6 Å². The number of nitrogens with two attached hydrogens (primary N) is 1. The molecule has 1 amide bonds. The van der Waals surface area contributed by atoms with Gasteiger partial charge in [0.05, 0.1) is 12.2 Å². The second-order valence-electron chi connectivity index (χ2n) is 7.84. The van der Waals surface area contributed by atoms with Gasteiger partial charge in [0.2, 0.25) is 0 Å². The first-order valence-corrected chi connectivity index (χ1v) is 11.0. The maximum absolute atomic E-state index is 11.9. The van der Waals surface area contributed by atoms with Crippen LogP contribution in [0.4, 0.5) is 0 Å². The minimum atomic E-state index is -0.102. The van der Waals surface area contributed by atoms with Crippen LogP contribution in [-0.2, 0) is 4.74 Å². The number of nitrogens with zero attached hydrogens (tertiary/aromatic N) is 1. The van der Waals surface area contributed by atoms with Crippen LogP contribution < -0.4 is 16.4 Å². The third-order valence-electron chi connectivity index (χ3n) is 5.31. The molecule has 0 bridgehead atoms. The predicted molar refractivity (Wildman–Crippen MR) is 113 cm³/mol. The van der Waals surface area contributed by atoms with E-state index in [1.165, 1.54) is 51.4 Å². The van der Waals surface area contributed by atoms with Gasteiger partial charge in [0, 0.05) is 37.6 Å². The summed E-state index contributed by atoms with van der Waals surface area (Å²) in [6, 6.07) is 4.14. The Labute approximate surface area is 170 Å². The van der Waals surface area contributed by atoms with E-state index in [1.807, 2.05) is 0 Å². The van der Waals surface area contributed by atoms with Gasteiger partial charge in [-0.1, -0.05) is 44.9 Å². The third kappa shape index (κ3) is 10.2. The number of carbonyl (C=O) groups is 1. The van der Waals surface area contributed by atoms with Crippen LogP contribution in [0.25, 0.3) is 0 Å². The SMILES string of the molecule is NC(CCCCCCCCCCNC1CCOC1)CNC(=O)c1cccnc1. The predicted octanol–water partition coefficient (Wildman–Crippen LogP) is 3.03. The second kappa shape index (κ2) is 14.5. The zero-order chi connectivity index (χ0) is 19.9. The number of rotatable bonds is 15. The molecule has 6 nitrogen and oxygen atoms in total. The monoisotopic (exact) mass is 390 g/mol. The van der Waals surface area contributed by atoms with Crippen molar-refractivity contribution in [2.45, 2.75) is 76.3 Å². The van der Waals surface area contributed by atoms with E-state index in [4.69, 9.17) is 10.5 Å². The van der Waals surface area contributed by atoms with Gasteiger partial charge in [-0.15, -0.1) is 0 Å². The summed E-state index contributed by atoms with van der Waals surface area (Å²) in [7, 11) is 0. The minimum Gasteiger partial charge on any atom is -0.380 e. The fourth-order valence-corrected chi connectivity index (χ4v) is 3.52. The van der Waals surface area contributed by atoms with Gasteiger partial charge in [0.25, 0.3) is 5.91 Å². The van der Waals surface area contributed by atoms with Crippen molar-refractivity contribution in [3.05, 3.63) is 30.1 Å². The Bertz CT molecular complexity index is 521. The number of carbonyl (C=O) groups excluding carboxylic acids is 1. The van der Waals surface area contributed by atoms with Crippen LogP contribution >= 0.6 is 0 Å². The number of amides is 1. The number of hydrogen-bond acceptors (Lipinski definition) is 5. The van der Waals surface area contributed by atoms with Crippen molar-refractivity contribution in [3.8, 4) is 0 Å². The molecule has 1 aromatic heterocycles. The topological polar surface area (TPSA) is 89.3 Å². The molecule has 2 rings (SSSR count). The Balaban J connectivity index is 1.33. The average molecular weight is 391 g/mol. The Morgan fingerprint density at radius 1 is 1.18 bits per heavy atom. The first kappa shape index (κ1) is 22.8. The lowest BCUT2D eigenvalue weighted by Crippen LogP contribution is -2.37. The Morgan fingerprint density at radius 3 is 2.61 bits per heavy atom. The summed E-state index contributed by atoms with van der Waals surface area (Å²) in [5.41, 5.74) is 6.69. The van der Waals surface area contributed by atoms with Gasteiger partial charge < -0.3 is 21.1 Å². The molecule has 1 fully saturated rings. The molecule has 0 saturated carbocycles. The molecule has 1 saturated heterocycles. The van der Waals surface area contributed by atoms with E-state index in [1.54, 1.807) is 24.5 Å². The molecule has 28 heavy (non-hydrogen) atoms. The largest absolute Gasteiger partial charge is 0.380 e. The van der Waals surface area contributed by atoms with E-state index in [2.05, 4.69) is 15.6 Å². The highest BCUT2D eigenvalue weighted by atomic mass is 16.5. The van der Waals surface area contributed by atoms with Gasteiger partial charge in [-0.3, -0.25) is 9.78 Å². The zero-order valence-corrected chi connectivity index (χ0v) is 17.2. The van der Waals surface area contributed by atoms with Crippen LogP contribution in [0.3, 0.4) is 0 Å². The van der Waals surface area contributed by atoms with Crippen LogP contribution in [0.2, 0.25) is 0 Å². The standard InChI is InChI=1S/C22H38N4O2/c23-20(17-26-22(27)19-10-9-13-24-16-19)11-7-5-3-1-2-4-6-8-14-25-21-12-15-28-18-21/h9-10,13,16,20-21,25H,1-8,11-12,14-15,17-18,23H2,(H,26,27). The summed E-state index contributed by atoms with van der Waals surface area (Å²) in [6.07, 6.45) is 15.6. The molecule has 1 aromatic rings. The number of aromatic nitrogens is 1. The van der Waals surface area contributed by atoms with Crippen LogP contribution in [0.15, 0.2) is 24.5 Å². The Morgan fingerprint density at radius 2 is 1.93 bits per heavy atom. The first-order valence-electron chi connectivity index (χ1n) is 11.0. The highest BCUT2D eigenvalue weighted by Gasteiger charge is 2.13. The third-order valence-corrected chi connectivity index (χ3v) is 5.31. The zero-order valence-electron chi connectivity index (χ0n) is 17.2. The van der Waals surface area contributed by atoms with Crippen molar-refractivity contribution in [2.24, 2.45) is 5.73 Å². The lowest BCUT2D eigenvalue weighted by atomic mass is 10.0. The highest BCUT2D eigenvalue weighted by molar-refractivity contribution is 5.93. The van der Waals surface area contributed by atoms with E-state index in [9.17, 15) is 4.79 Å². The van der Waals surface area contributed by atoms with Crippen molar-refractivity contribution in [2.75, 3.05) is 26.3 Å². The molecule has 1 aliphatic heterocycles. The fourth-order valence-electron chi connectivity index (χ4n) is 3.52. The van der Waals surface area contributed by atoms with Crippen molar-refractivity contribution in [1.82, 2.24) is 15.6 Å². The molecular weight excluding hydrogens is 352 g/mol. The lowest BCUT2D eigenvalue weighted by molar-refractivity contribution is 0.0950. The lowest BCUT2D eigenvalue weighted by Gasteiger charge is -2.12. The van der Waals surface area contributed by atoms with Crippen molar-refractivity contribution in [3.63, 3.8) is 0 Å². The number of hydrogen-bond donors (Lipinski definition) is 3. The molecule has 6 heteroatoms. The van der Waals surface area contributed by atoms with Crippen molar-refractivity contribution < 1.29 is 9.53 Å². The van der Waals surface area contributed by atoms with E-state index >= 15 is 0 Å². The van der Waals surface area contributed by atoms with E-state index in [-0.39, 0.29) is 11.9 Å². The molecule has 0 radical (unpaired) electrons. The summed E-state index contributed by atoms with van der Waals surface area (Å²) < 4.78 is 5.37. The second-order valence-corrected chi connectivity index (χ2v) is 7.84. The molecule has 4 N–H and O–H groups in total. The molecule has 2 atom stereocenters. The molecule has 158 valence electrons. The number of pyridine rings is 1. The summed E-state index contributed by atoms with van der Waals surface area (Å²) in [5.74, 6) is -0.102. The maximum Gasteiger partial charge on any atom is 0.252 e. The van der Waals surface area contributed by atoms with E-state index in [0.29, 0.717) is 18.2 Å². The van der Waals surface area contributed by atoms with Crippen LogP contribution in [-0.4, -0.2) is 49.3 Å². The number of nitrogens with one attached hydrogen (secondary N) is 2. The van der Waals surface area contributed by atoms with Crippen LogP contribution in [0.1, 0.15) is 74.6 Å². The fraction of sp³-hybridized carbons (Fsp3) is 0.727. The quantitative estimate of drug-likeness (QED) is 0.401. The van der Waals surface area contributed by atoms with Gasteiger partial charge in [-0.05, 0) is 37.9 Å². The van der Waals surface area contributed by atoms with Crippen molar-refractivity contribution >= 4 is 5.91 Å². The number of unbranched alkanes of at least 4 members (excludes halogenated alkanes) is 7. The van der Waals surface area contributed by atoms with E-state index < -0.39 is 0 Å². The smallest absolute Gasteiger partial charge is 0.252 e. The van der Waals surface area contributed by atoms with Gasteiger partial charge in [0.15, 0.2) is 0 Å². The van der Waals surface area contributed by atoms with Gasteiger partial charge in [0.1, 0.15) is 0 Å². The van der Waals surface area contributed by atoms with Crippen LogP contribution in [0.5, 0.6) is 0 Å².